The number of likely N-dealkylation sites (N-methyl/N-ethyl adjacent to an activating group) is 1. The van der Waals surface area contributed by atoms with Gasteiger partial charge in [0.1, 0.15) is 0 Å². The molecule has 3 nitrogen and oxygen atoms in total. The van der Waals surface area contributed by atoms with Crippen LogP contribution in [0.2, 0.25) is 5.02 Å². The maximum absolute atomic E-state index is 11.4. The number of hydrogen-bond acceptors (Lipinski definition) is 3. The number of nitrogens with zero attached hydrogens (tertiary/aromatic N) is 1. The van der Waals surface area contributed by atoms with Crippen molar-refractivity contribution >= 4 is 11.6 Å². The Balaban J connectivity index is 1.81. The highest BCUT2D eigenvalue weighted by Crippen LogP contribution is 2.41. The maximum atomic E-state index is 11.4. The fourth-order valence-electron chi connectivity index (χ4n) is 4.54. The van der Waals surface area contributed by atoms with Gasteiger partial charge in [0, 0.05) is 30.1 Å². The van der Waals surface area contributed by atoms with Crippen molar-refractivity contribution in [2.45, 2.75) is 62.5 Å². The van der Waals surface area contributed by atoms with E-state index in [0.29, 0.717) is 6.04 Å². The normalized spacial score (nSPS) is 26.2. The fourth-order valence-corrected chi connectivity index (χ4v) is 4.74. The zero-order valence-corrected chi connectivity index (χ0v) is 15.6. The van der Waals surface area contributed by atoms with Gasteiger partial charge in [-0.15, -0.1) is 0 Å². The maximum Gasteiger partial charge on any atom is 0.0728 e. The highest BCUT2D eigenvalue weighted by molar-refractivity contribution is 6.30. The van der Waals surface area contributed by atoms with Crippen LogP contribution >= 0.6 is 11.6 Å². The van der Waals surface area contributed by atoms with Gasteiger partial charge in [0.15, 0.2) is 0 Å². The summed E-state index contributed by atoms with van der Waals surface area (Å²) in [4.78, 5) is 2.53. The molecule has 0 radical (unpaired) electrons. The first-order chi connectivity index (χ1) is 11.6. The van der Waals surface area contributed by atoms with Crippen LogP contribution in [0.15, 0.2) is 24.3 Å². The van der Waals surface area contributed by atoms with E-state index in [9.17, 15) is 5.11 Å². The molecule has 3 rings (SSSR count). The van der Waals surface area contributed by atoms with E-state index in [1.54, 1.807) is 0 Å². The Kier molecular flexibility index (Phi) is 6.20. The van der Waals surface area contributed by atoms with Crippen molar-refractivity contribution in [1.29, 1.82) is 0 Å². The van der Waals surface area contributed by atoms with Crippen molar-refractivity contribution in [3.8, 4) is 0 Å². The number of hydrogen-bond donors (Lipinski definition) is 2. The first-order valence-corrected chi connectivity index (χ1v) is 9.86. The summed E-state index contributed by atoms with van der Waals surface area (Å²) in [6.45, 7) is 3.13. The van der Waals surface area contributed by atoms with Gasteiger partial charge in [-0.3, -0.25) is 0 Å². The topological polar surface area (TPSA) is 35.5 Å². The lowest BCUT2D eigenvalue weighted by molar-refractivity contribution is -0.0329. The number of aliphatic hydroxyl groups is 1. The van der Waals surface area contributed by atoms with Gasteiger partial charge in [-0.25, -0.2) is 0 Å². The Hall–Kier alpha value is -0.610. The van der Waals surface area contributed by atoms with Crippen LogP contribution in [0.5, 0.6) is 0 Å². The second-order valence-corrected chi connectivity index (χ2v) is 8.10. The summed E-state index contributed by atoms with van der Waals surface area (Å²) in [5.41, 5.74) is 0.605. The molecule has 1 heterocycles. The van der Waals surface area contributed by atoms with Crippen LogP contribution in [-0.4, -0.2) is 48.3 Å². The van der Waals surface area contributed by atoms with Crippen LogP contribution in [-0.2, 0) is 0 Å². The Morgan fingerprint density at radius 1 is 1.29 bits per heavy atom. The summed E-state index contributed by atoms with van der Waals surface area (Å²) < 4.78 is 0. The van der Waals surface area contributed by atoms with E-state index in [0.717, 1.165) is 50.3 Å². The second-order valence-electron chi connectivity index (χ2n) is 7.66. The number of halogens is 1. The Labute approximate surface area is 151 Å². The summed E-state index contributed by atoms with van der Waals surface area (Å²) in [5.74, 6) is 0.145. The van der Waals surface area contributed by atoms with Gasteiger partial charge in [0.25, 0.3) is 0 Å². The molecule has 0 bridgehead atoms. The van der Waals surface area contributed by atoms with E-state index < -0.39 is 5.60 Å². The third-order valence-electron chi connectivity index (χ3n) is 5.97. The molecule has 2 aliphatic rings. The van der Waals surface area contributed by atoms with E-state index in [2.05, 4.69) is 29.4 Å². The molecule has 1 aromatic carbocycles. The van der Waals surface area contributed by atoms with Crippen LogP contribution in [0.1, 0.15) is 56.4 Å². The summed E-state index contributed by atoms with van der Waals surface area (Å²) in [7, 11) is 2.05. The minimum Gasteiger partial charge on any atom is -0.389 e. The number of piperidine rings is 1. The van der Waals surface area contributed by atoms with Gasteiger partial charge < -0.3 is 15.3 Å². The average Bonchev–Trinajstić information content (AvgIpc) is 2.60. The van der Waals surface area contributed by atoms with Crippen molar-refractivity contribution in [2.75, 3.05) is 26.7 Å². The van der Waals surface area contributed by atoms with Gasteiger partial charge >= 0.3 is 0 Å². The third-order valence-corrected chi connectivity index (χ3v) is 6.21. The lowest BCUT2D eigenvalue weighted by Crippen LogP contribution is -2.49. The van der Waals surface area contributed by atoms with Crippen LogP contribution in [0.25, 0.3) is 0 Å². The first kappa shape index (κ1) is 18.2. The van der Waals surface area contributed by atoms with E-state index in [1.165, 1.54) is 24.8 Å². The van der Waals surface area contributed by atoms with Gasteiger partial charge in [-0.2, -0.15) is 0 Å². The van der Waals surface area contributed by atoms with Crippen LogP contribution in [0, 0.1) is 0 Å². The van der Waals surface area contributed by atoms with Crippen LogP contribution in [0.3, 0.4) is 0 Å². The minimum atomic E-state index is -0.588. The molecule has 0 amide bonds. The molecule has 2 fully saturated rings. The molecule has 0 aromatic heterocycles. The molecule has 0 spiro atoms. The quantitative estimate of drug-likeness (QED) is 0.847. The van der Waals surface area contributed by atoms with Crippen LogP contribution < -0.4 is 5.32 Å². The Morgan fingerprint density at radius 3 is 2.79 bits per heavy atom. The van der Waals surface area contributed by atoms with Gasteiger partial charge in [0.05, 0.1) is 5.60 Å². The molecular formula is C20H31ClN2O. The highest BCUT2D eigenvalue weighted by atomic mass is 35.5. The van der Waals surface area contributed by atoms with Gasteiger partial charge in [0.2, 0.25) is 0 Å². The highest BCUT2D eigenvalue weighted by Gasteiger charge is 2.40. The standard InChI is InChI=1S/C20H31ClN2O/c1-22-18-9-6-12-23(14-18)15-19(16-7-5-8-17(21)13-16)20(24)10-3-2-4-11-20/h5,7-8,13,18-19,22,24H,2-4,6,9-12,14-15H2,1H3/t18-,19?/m0/s1. The molecule has 4 heteroatoms. The Bertz CT molecular complexity index is 530. The lowest BCUT2D eigenvalue weighted by Gasteiger charge is -2.43. The molecule has 1 aliphatic heterocycles. The summed E-state index contributed by atoms with van der Waals surface area (Å²) in [5, 5.41) is 15.6. The number of benzene rings is 1. The zero-order valence-electron chi connectivity index (χ0n) is 14.8. The lowest BCUT2D eigenvalue weighted by atomic mass is 9.72. The molecule has 1 saturated heterocycles. The minimum absolute atomic E-state index is 0.145. The fraction of sp³-hybridized carbons (Fsp3) is 0.700. The SMILES string of the molecule is CN[C@H]1CCCN(CC(c2cccc(Cl)c2)C2(O)CCCCC2)C1. The van der Waals surface area contributed by atoms with Crippen molar-refractivity contribution < 1.29 is 5.11 Å². The molecular weight excluding hydrogens is 320 g/mol. The third kappa shape index (κ3) is 4.32. The number of nitrogens with one attached hydrogen (secondary N) is 1. The molecule has 134 valence electrons. The van der Waals surface area contributed by atoms with E-state index in [1.807, 2.05) is 12.1 Å². The van der Waals surface area contributed by atoms with Crippen LogP contribution in [0.4, 0.5) is 0 Å². The van der Waals surface area contributed by atoms with Crippen molar-refractivity contribution in [3.05, 3.63) is 34.9 Å². The Morgan fingerprint density at radius 2 is 2.08 bits per heavy atom. The average molecular weight is 351 g/mol. The van der Waals surface area contributed by atoms with E-state index in [4.69, 9.17) is 11.6 Å². The monoisotopic (exact) mass is 350 g/mol. The second kappa shape index (κ2) is 8.18. The van der Waals surface area contributed by atoms with E-state index >= 15 is 0 Å². The predicted octanol–water partition coefficient (Wildman–Crippen LogP) is 3.80. The summed E-state index contributed by atoms with van der Waals surface area (Å²) in [6, 6.07) is 8.70. The molecule has 2 atom stereocenters. The largest absolute Gasteiger partial charge is 0.389 e. The molecule has 1 saturated carbocycles. The smallest absolute Gasteiger partial charge is 0.0728 e. The number of likely N-dealkylation sites (tertiary alicyclic amines) is 1. The molecule has 1 aromatic rings. The predicted molar refractivity (Wildman–Crippen MR) is 101 cm³/mol. The van der Waals surface area contributed by atoms with Crippen molar-refractivity contribution in [2.24, 2.45) is 0 Å². The first-order valence-electron chi connectivity index (χ1n) is 9.48. The molecule has 24 heavy (non-hydrogen) atoms. The molecule has 1 unspecified atom stereocenters. The summed E-state index contributed by atoms with van der Waals surface area (Å²) >= 11 is 6.26. The van der Waals surface area contributed by atoms with Gasteiger partial charge in [-0.1, -0.05) is 43.0 Å². The van der Waals surface area contributed by atoms with Crippen molar-refractivity contribution in [1.82, 2.24) is 10.2 Å². The van der Waals surface area contributed by atoms with E-state index in [-0.39, 0.29) is 5.92 Å². The van der Waals surface area contributed by atoms with Crippen molar-refractivity contribution in [3.63, 3.8) is 0 Å². The molecule has 1 aliphatic carbocycles. The number of rotatable bonds is 5. The summed E-state index contributed by atoms with van der Waals surface area (Å²) in [6.07, 6.45) is 7.81. The molecule has 2 N–H and O–H groups in total. The van der Waals surface area contributed by atoms with Gasteiger partial charge in [-0.05, 0) is 57.0 Å². The zero-order chi connectivity index (χ0) is 17.0.